The van der Waals surface area contributed by atoms with E-state index in [1.807, 2.05) is 72.7 Å². The SMILES string of the molecule is COc1cc([N+](=O)[O-])ccc1-n1c(C)cc([C@@H]2[C@@H](c3ccccn3)NC(=S)N2CCC(=O)Nc2ccccc2C)c1C. The van der Waals surface area contributed by atoms with Crippen molar-refractivity contribution in [2.45, 2.75) is 39.3 Å². The van der Waals surface area contributed by atoms with E-state index in [1.54, 1.807) is 12.3 Å². The third kappa shape index (κ3) is 5.55. The van der Waals surface area contributed by atoms with Crippen LogP contribution in [0.3, 0.4) is 0 Å². The van der Waals surface area contributed by atoms with Gasteiger partial charge in [-0.3, -0.25) is 19.9 Å². The number of nitrogens with zero attached hydrogens (tertiary/aromatic N) is 4. The molecule has 42 heavy (non-hydrogen) atoms. The Balaban J connectivity index is 1.51. The third-order valence-corrected chi connectivity index (χ3v) is 7.95. The number of nitrogens with one attached hydrogen (secondary N) is 2. The maximum absolute atomic E-state index is 13.0. The number of hydrogen-bond donors (Lipinski definition) is 2. The van der Waals surface area contributed by atoms with Gasteiger partial charge in [0.2, 0.25) is 5.91 Å². The molecular formula is C31H32N6O4S. The number of nitro benzene ring substituents is 1. The molecule has 1 aliphatic rings. The molecule has 0 saturated carbocycles. The lowest BCUT2D eigenvalue weighted by Crippen LogP contribution is -2.33. The number of nitro groups is 1. The standard InChI is InChI=1S/C31H32N6O4S/c1-19-9-5-6-10-24(19)33-28(38)14-16-35-30(29(34-31(35)42)25-11-7-8-15-32-25)23-17-20(2)36(21(23)3)26-13-12-22(37(39)40)18-27(26)41-4/h5-13,15,17-18,29-30H,14,16H2,1-4H3,(H,33,38)(H,34,42)/t29-,30-/m1/s1. The van der Waals surface area contributed by atoms with Gasteiger partial charge in [-0.05, 0) is 74.4 Å². The normalized spacial score (nSPS) is 16.3. The topological polar surface area (TPSA) is 115 Å². The van der Waals surface area contributed by atoms with E-state index in [4.69, 9.17) is 17.0 Å². The molecule has 10 nitrogen and oxygen atoms in total. The molecule has 5 rings (SSSR count). The number of carbonyl (C=O) groups excluding carboxylic acids is 1. The third-order valence-electron chi connectivity index (χ3n) is 7.60. The van der Waals surface area contributed by atoms with Crippen LogP contribution in [0.4, 0.5) is 11.4 Å². The minimum Gasteiger partial charge on any atom is -0.494 e. The van der Waals surface area contributed by atoms with E-state index < -0.39 is 4.92 Å². The number of aromatic nitrogens is 2. The number of anilines is 1. The van der Waals surface area contributed by atoms with Crippen LogP contribution in [-0.2, 0) is 4.79 Å². The van der Waals surface area contributed by atoms with Crippen LogP contribution in [0.2, 0.25) is 0 Å². The molecule has 0 radical (unpaired) electrons. The van der Waals surface area contributed by atoms with Crippen molar-refractivity contribution in [3.8, 4) is 11.4 Å². The molecule has 2 N–H and O–H groups in total. The number of rotatable bonds is 9. The fraction of sp³-hybridized carbons (Fsp3) is 0.258. The number of methoxy groups -OCH3 is 1. The number of para-hydroxylation sites is 1. The van der Waals surface area contributed by atoms with Crippen LogP contribution >= 0.6 is 12.2 Å². The van der Waals surface area contributed by atoms with Crippen molar-refractivity contribution in [3.05, 3.63) is 111 Å². The molecule has 1 fully saturated rings. The molecular weight excluding hydrogens is 552 g/mol. The number of carbonyl (C=O) groups is 1. The number of hydrogen-bond acceptors (Lipinski definition) is 6. The van der Waals surface area contributed by atoms with Crippen molar-refractivity contribution < 1.29 is 14.5 Å². The molecule has 11 heteroatoms. The van der Waals surface area contributed by atoms with Gasteiger partial charge in [-0.2, -0.15) is 0 Å². The molecule has 0 unspecified atom stereocenters. The van der Waals surface area contributed by atoms with Gasteiger partial charge in [-0.25, -0.2) is 0 Å². The molecule has 216 valence electrons. The van der Waals surface area contributed by atoms with Crippen LogP contribution in [-0.4, -0.2) is 44.0 Å². The molecule has 2 aromatic carbocycles. The van der Waals surface area contributed by atoms with Crippen molar-refractivity contribution in [2.24, 2.45) is 0 Å². The zero-order valence-electron chi connectivity index (χ0n) is 23.8. The minimum absolute atomic E-state index is 0.0472. The summed E-state index contributed by atoms with van der Waals surface area (Å²) in [6, 6.07) is 19.6. The molecule has 1 saturated heterocycles. The quantitative estimate of drug-likeness (QED) is 0.146. The molecule has 2 aromatic heterocycles. The van der Waals surface area contributed by atoms with E-state index in [1.165, 1.54) is 19.2 Å². The highest BCUT2D eigenvalue weighted by molar-refractivity contribution is 7.80. The van der Waals surface area contributed by atoms with E-state index in [0.29, 0.717) is 23.1 Å². The van der Waals surface area contributed by atoms with Crippen LogP contribution in [0.5, 0.6) is 5.75 Å². The Kier molecular flexibility index (Phi) is 8.21. The molecule has 4 aromatic rings. The lowest BCUT2D eigenvalue weighted by atomic mass is 9.96. The van der Waals surface area contributed by atoms with E-state index in [9.17, 15) is 14.9 Å². The first-order valence-electron chi connectivity index (χ1n) is 13.5. The second kappa shape index (κ2) is 12.0. The first-order chi connectivity index (χ1) is 20.2. The summed E-state index contributed by atoms with van der Waals surface area (Å²) in [5, 5.41) is 18.4. The van der Waals surface area contributed by atoms with Crippen molar-refractivity contribution in [1.82, 2.24) is 19.8 Å². The van der Waals surface area contributed by atoms with Gasteiger partial charge >= 0.3 is 0 Å². The molecule has 0 aliphatic carbocycles. The number of amides is 1. The zero-order valence-corrected chi connectivity index (χ0v) is 24.6. The Morgan fingerprint density at radius 3 is 2.57 bits per heavy atom. The average Bonchev–Trinajstić information content (AvgIpc) is 3.47. The van der Waals surface area contributed by atoms with Gasteiger partial charge in [0, 0.05) is 42.3 Å². The summed E-state index contributed by atoms with van der Waals surface area (Å²) in [6.45, 7) is 6.33. The second-order valence-corrected chi connectivity index (χ2v) is 10.6. The molecule has 3 heterocycles. The molecule has 2 atom stereocenters. The number of thiocarbonyl (C=S) groups is 1. The van der Waals surface area contributed by atoms with Crippen LogP contribution in [0.25, 0.3) is 5.69 Å². The maximum atomic E-state index is 13.0. The van der Waals surface area contributed by atoms with Gasteiger partial charge in [0.25, 0.3) is 5.69 Å². The summed E-state index contributed by atoms with van der Waals surface area (Å²) in [5.74, 6) is 0.289. The highest BCUT2D eigenvalue weighted by Gasteiger charge is 2.41. The monoisotopic (exact) mass is 584 g/mol. The smallest absolute Gasteiger partial charge is 0.273 e. The number of ether oxygens (including phenoxy) is 1. The largest absolute Gasteiger partial charge is 0.494 e. The first kappa shape index (κ1) is 28.7. The fourth-order valence-electron chi connectivity index (χ4n) is 5.56. The van der Waals surface area contributed by atoms with E-state index >= 15 is 0 Å². The molecule has 0 spiro atoms. The summed E-state index contributed by atoms with van der Waals surface area (Å²) in [5.41, 5.74) is 6.09. The highest BCUT2D eigenvalue weighted by Crippen LogP contribution is 2.42. The minimum atomic E-state index is -0.442. The van der Waals surface area contributed by atoms with Crippen LogP contribution in [0.15, 0.2) is 72.9 Å². The van der Waals surface area contributed by atoms with Gasteiger partial charge in [0.05, 0.1) is 41.6 Å². The summed E-state index contributed by atoms with van der Waals surface area (Å²) in [7, 11) is 1.50. The predicted molar refractivity (Wildman–Crippen MR) is 165 cm³/mol. The van der Waals surface area contributed by atoms with Crippen molar-refractivity contribution in [3.63, 3.8) is 0 Å². The highest BCUT2D eigenvalue weighted by atomic mass is 32.1. The predicted octanol–water partition coefficient (Wildman–Crippen LogP) is 5.72. The number of pyridine rings is 1. The van der Waals surface area contributed by atoms with Crippen molar-refractivity contribution in [2.75, 3.05) is 19.0 Å². The molecule has 0 bridgehead atoms. The Labute approximate surface area is 249 Å². The van der Waals surface area contributed by atoms with Gasteiger partial charge in [0.15, 0.2) is 5.11 Å². The van der Waals surface area contributed by atoms with Gasteiger partial charge in [0.1, 0.15) is 5.75 Å². The number of benzene rings is 2. The summed E-state index contributed by atoms with van der Waals surface area (Å²) in [6.07, 6.45) is 1.98. The van der Waals surface area contributed by atoms with Crippen molar-refractivity contribution in [1.29, 1.82) is 0 Å². The Morgan fingerprint density at radius 2 is 1.88 bits per heavy atom. The molecule has 1 amide bonds. The van der Waals surface area contributed by atoms with Crippen LogP contribution in [0, 0.1) is 30.9 Å². The van der Waals surface area contributed by atoms with Gasteiger partial charge in [-0.15, -0.1) is 0 Å². The van der Waals surface area contributed by atoms with E-state index in [-0.39, 0.29) is 30.1 Å². The molecule has 1 aliphatic heterocycles. The maximum Gasteiger partial charge on any atom is 0.273 e. The van der Waals surface area contributed by atoms with Gasteiger partial charge < -0.3 is 24.8 Å². The summed E-state index contributed by atoms with van der Waals surface area (Å²) in [4.78, 5) is 30.6. The zero-order chi connectivity index (χ0) is 30.0. The second-order valence-electron chi connectivity index (χ2n) is 10.2. The first-order valence-corrected chi connectivity index (χ1v) is 14.0. The van der Waals surface area contributed by atoms with Crippen LogP contribution < -0.4 is 15.4 Å². The lowest BCUT2D eigenvalue weighted by Gasteiger charge is -2.28. The Hall–Kier alpha value is -4.77. The number of aryl methyl sites for hydroxylation is 2. The fourth-order valence-corrected chi connectivity index (χ4v) is 5.89. The van der Waals surface area contributed by atoms with Gasteiger partial charge in [-0.1, -0.05) is 24.3 Å². The van der Waals surface area contributed by atoms with Crippen molar-refractivity contribution >= 4 is 34.6 Å². The average molecular weight is 585 g/mol. The Bertz CT molecular complexity index is 1650. The van der Waals surface area contributed by atoms with Crippen LogP contribution in [0.1, 0.15) is 46.7 Å². The van der Waals surface area contributed by atoms with E-state index in [2.05, 4.69) is 21.7 Å². The van der Waals surface area contributed by atoms with E-state index in [0.717, 1.165) is 33.9 Å². The summed E-state index contributed by atoms with van der Waals surface area (Å²) < 4.78 is 7.59. The number of non-ortho nitro benzene ring substituents is 1. The Morgan fingerprint density at radius 1 is 1.12 bits per heavy atom. The lowest BCUT2D eigenvalue weighted by molar-refractivity contribution is -0.384. The summed E-state index contributed by atoms with van der Waals surface area (Å²) >= 11 is 5.82.